The third-order valence-electron chi connectivity index (χ3n) is 5.74. The predicted molar refractivity (Wildman–Crippen MR) is 92.8 cm³/mol. The maximum Gasteiger partial charge on any atom is 0.225 e. The molecular formula is C19H36N2O. The van der Waals surface area contributed by atoms with Crippen LogP contribution in [-0.4, -0.2) is 36.0 Å². The first-order chi connectivity index (χ1) is 10.3. The lowest BCUT2D eigenvalue weighted by molar-refractivity contribution is -0.130. The highest BCUT2D eigenvalue weighted by Gasteiger charge is 2.36. The van der Waals surface area contributed by atoms with Crippen LogP contribution in [0.4, 0.5) is 0 Å². The van der Waals surface area contributed by atoms with Gasteiger partial charge in [0.1, 0.15) is 0 Å². The SMILES string of the molecule is CCC1CC(NC(=O)C(C)(C)C)CN(C(CC)C2CCC2)C1. The molecule has 3 atom stereocenters. The van der Waals surface area contributed by atoms with E-state index < -0.39 is 0 Å². The first-order valence-electron chi connectivity index (χ1n) is 9.40. The molecule has 1 amide bonds. The van der Waals surface area contributed by atoms with E-state index in [0.29, 0.717) is 6.04 Å². The Bertz CT molecular complexity index is 370. The summed E-state index contributed by atoms with van der Waals surface area (Å²) >= 11 is 0. The summed E-state index contributed by atoms with van der Waals surface area (Å²) in [7, 11) is 0. The predicted octanol–water partition coefficient (Wildman–Crippen LogP) is 3.83. The first kappa shape index (κ1) is 17.8. The third-order valence-corrected chi connectivity index (χ3v) is 5.74. The van der Waals surface area contributed by atoms with Crippen molar-refractivity contribution in [2.24, 2.45) is 17.3 Å². The minimum atomic E-state index is -0.290. The summed E-state index contributed by atoms with van der Waals surface area (Å²) < 4.78 is 0. The van der Waals surface area contributed by atoms with Gasteiger partial charge in [0.2, 0.25) is 5.91 Å². The Hall–Kier alpha value is -0.570. The Balaban J connectivity index is 2.00. The Morgan fingerprint density at radius 1 is 1.23 bits per heavy atom. The van der Waals surface area contributed by atoms with Crippen LogP contribution in [0.3, 0.4) is 0 Å². The molecule has 0 aromatic rings. The fraction of sp³-hybridized carbons (Fsp3) is 0.947. The fourth-order valence-corrected chi connectivity index (χ4v) is 4.03. The molecular weight excluding hydrogens is 272 g/mol. The number of amides is 1. The van der Waals surface area contributed by atoms with Crippen molar-refractivity contribution in [2.45, 2.75) is 85.2 Å². The van der Waals surface area contributed by atoms with Gasteiger partial charge in [0.15, 0.2) is 0 Å². The molecule has 0 bridgehead atoms. The summed E-state index contributed by atoms with van der Waals surface area (Å²) in [5.74, 6) is 1.83. The second-order valence-electron chi connectivity index (χ2n) is 8.55. The molecule has 0 aromatic heterocycles. The maximum absolute atomic E-state index is 12.3. The van der Waals surface area contributed by atoms with Crippen molar-refractivity contribution >= 4 is 5.91 Å². The number of carbonyl (C=O) groups excluding carboxylic acids is 1. The van der Waals surface area contributed by atoms with Gasteiger partial charge in [-0.05, 0) is 37.5 Å². The van der Waals surface area contributed by atoms with Gasteiger partial charge in [0.25, 0.3) is 0 Å². The van der Waals surface area contributed by atoms with E-state index in [0.717, 1.165) is 30.8 Å². The summed E-state index contributed by atoms with van der Waals surface area (Å²) in [5, 5.41) is 3.33. The molecule has 0 aromatic carbocycles. The van der Waals surface area contributed by atoms with Crippen molar-refractivity contribution in [3.05, 3.63) is 0 Å². The molecule has 0 radical (unpaired) electrons. The quantitative estimate of drug-likeness (QED) is 0.837. The minimum absolute atomic E-state index is 0.200. The Morgan fingerprint density at radius 3 is 2.36 bits per heavy atom. The molecule has 1 heterocycles. The summed E-state index contributed by atoms with van der Waals surface area (Å²) in [6, 6.07) is 1.07. The number of piperidine rings is 1. The molecule has 22 heavy (non-hydrogen) atoms. The molecule has 0 spiro atoms. The molecule has 2 fully saturated rings. The zero-order valence-corrected chi connectivity index (χ0v) is 15.3. The highest BCUT2D eigenvalue weighted by atomic mass is 16.2. The lowest BCUT2D eigenvalue weighted by atomic mass is 9.77. The van der Waals surface area contributed by atoms with Gasteiger partial charge in [-0.15, -0.1) is 0 Å². The minimum Gasteiger partial charge on any atom is -0.352 e. The van der Waals surface area contributed by atoms with E-state index in [-0.39, 0.29) is 11.3 Å². The summed E-state index contributed by atoms with van der Waals surface area (Å²) in [4.78, 5) is 15.0. The smallest absolute Gasteiger partial charge is 0.225 e. The normalized spacial score (nSPS) is 29.0. The molecule has 128 valence electrons. The van der Waals surface area contributed by atoms with Crippen molar-refractivity contribution in [3.8, 4) is 0 Å². The fourth-order valence-electron chi connectivity index (χ4n) is 4.03. The summed E-state index contributed by atoms with van der Waals surface area (Å²) in [6.07, 6.45) is 7.85. The maximum atomic E-state index is 12.3. The average Bonchev–Trinajstić information content (AvgIpc) is 2.40. The number of hydrogen-bond acceptors (Lipinski definition) is 2. The van der Waals surface area contributed by atoms with Crippen molar-refractivity contribution in [3.63, 3.8) is 0 Å². The molecule has 3 unspecified atom stereocenters. The van der Waals surface area contributed by atoms with E-state index in [9.17, 15) is 4.79 Å². The lowest BCUT2D eigenvalue weighted by Gasteiger charge is -2.47. The standard InChI is InChI=1S/C19H36N2O/c1-6-14-11-16(20-18(22)19(3,4)5)13-21(12-14)17(7-2)15-9-8-10-15/h14-17H,6-13H2,1-5H3,(H,20,22). The van der Waals surface area contributed by atoms with E-state index in [4.69, 9.17) is 0 Å². The largest absolute Gasteiger partial charge is 0.352 e. The first-order valence-corrected chi connectivity index (χ1v) is 9.40. The van der Waals surface area contributed by atoms with Crippen molar-refractivity contribution in [1.29, 1.82) is 0 Å². The van der Waals surface area contributed by atoms with Gasteiger partial charge in [-0.1, -0.05) is 47.5 Å². The molecule has 3 nitrogen and oxygen atoms in total. The van der Waals surface area contributed by atoms with Crippen LogP contribution in [0.25, 0.3) is 0 Å². The topological polar surface area (TPSA) is 32.3 Å². The van der Waals surface area contributed by atoms with Crippen LogP contribution < -0.4 is 5.32 Å². The Kier molecular flexibility index (Phi) is 5.93. The van der Waals surface area contributed by atoms with Gasteiger partial charge in [-0.2, -0.15) is 0 Å². The summed E-state index contributed by atoms with van der Waals surface area (Å²) in [5.41, 5.74) is -0.290. The van der Waals surface area contributed by atoms with Crippen LogP contribution in [0.5, 0.6) is 0 Å². The average molecular weight is 309 g/mol. The van der Waals surface area contributed by atoms with Gasteiger partial charge in [-0.25, -0.2) is 0 Å². The molecule has 1 N–H and O–H groups in total. The number of carbonyl (C=O) groups is 1. The molecule has 3 heteroatoms. The second kappa shape index (κ2) is 7.33. The number of nitrogens with one attached hydrogen (secondary N) is 1. The van der Waals surface area contributed by atoms with Crippen LogP contribution in [0.1, 0.15) is 73.1 Å². The van der Waals surface area contributed by atoms with Crippen LogP contribution in [0.15, 0.2) is 0 Å². The van der Waals surface area contributed by atoms with E-state index in [1.807, 2.05) is 20.8 Å². The zero-order valence-electron chi connectivity index (χ0n) is 15.3. The van der Waals surface area contributed by atoms with E-state index >= 15 is 0 Å². The van der Waals surface area contributed by atoms with Crippen LogP contribution in [0.2, 0.25) is 0 Å². The second-order valence-corrected chi connectivity index (χ2v) is 8.55. The number of likely N-dealkylation sites (tertiary alicyclic amines) is 1. The molecule has 2 aliphatic rings. The highest BCUT2D eigenvalue weighted by Crippen LogP contribution is 2.36. The Labute approximate surface area is 137 Å². The molecule has 2 rings (SSSR count). The van der Waals surface area contributed by atoms with Crippen LogP contribution >= 0.6 is 0 Å². The van der Waals surface area contributed by atoms with Gasteiger partial charge in [-0.3, -0.25) is 9.69 Å². The number of hydrogen-bond donors (Lipinski definition) is 1. The lowest BCUT2D eigenvalue weighted by Crippen LogP contribution is -2.56. The van der Waals surface area contributed by atoms with Crippen molar-refractivity contribution in [1.82, 2.24) is 10.2 Å². The highest BCUT2D eigenvalue weighted by molar-refractivity contribution is 5.81. The zero-order chi connectivity index (χ0) is 16.3. The van der Waals surface area contributed by atoms with Gasteiger partial charge in [0, 0.05) is 30.6 Å². The molecule has 1 saturated carbocycles. The Morgan fingerprint density at radius 2 is 1.91 bits per heavy atom. The molecule has 1 saturated heterocycles. The van der Waals surface area contributed by atoms with Gasteiger partial charge in [0.05, 0.1) is 0 Å². The molecule has 1 aliphatic carbocycles. The van der Waals surface area contributed by atoms with Gasteiger partial charge < -0.3 is 5.32 Å². The number of rotatable bonds is 5. The summed E-state index contributed by atoms with van der Waals surface area (Å²) in [6.45, 7) is 12.9. The molecule has 1 aliphatic heterocycles. The number of nitrogens with zero attached hydrogens (tertiary/aromatic N) is 1. The van der Waals surface area contributed by atoms with Crippen molar-refractivity contribution in [2.75, 3.05) is 13.1 Å². The third kappa shape index (κ3) is 4.24. The van der Waals surface area contributed by atoms with Crippen LogP contribution in [-0.2, 0) is 4.79 Å². The van der Waals surface area contributed by atoms with E-state index in [1.165, 1.54) is 38.6 Å². The van der Waals surface area contributed by atoms with E-state index in [1.54, 1.807) is 0 Å². The van der Waals surface area contributed by atoms with E-state index in [2.05, 4.69) is 24.1 Å². The van der Waals surface area contributed by atoms with Gasteiger partial charge >= 0.3 is 0 Å². The van der Waals surface area contributed by atoms with Crippen molar-refractivity contribution < 1.29 is 4.79 Å². The monoisotopic (exact) mass is 308 g/mol. The van der Waals surface area contributed by atoms with Crippen LogP contribution in [0, 0.1) is 17.3 Å².